The van der Waals surface area contributed by atoms with Gasteiger partial charge in [-0.3, -0.25) is 4.79 Å². The van der Waals surface area contributed by atoms with Crippen LogP contribution in [0, 0.1) is 52.7 Å². The van der Waals surface area contributed by atoms with Crippen LogP contribution < -0.4 is 0 Å². The lowest BCUT2D eigenvalue weighted by Gasteiger charge is -2.53. The summed E-state index contributed by atoms with van der Waals surface area (Å²) < 4.78 is 0. The molecule has 4 heteroatoms. The third-order valence-corrected chi connectivity index (χ3v) is 8.27. The number of rotatable bonds is 2. The van der Waals surface area contributed by atoms with Crippen LogP contribution in [0.5, 0.6) is 0 Å². The molecule has 0 unspecified atom stereocenters. The van der Waals surface area contributed by atoms with E-state index in [1.165, 1.54) is 25.7 Å². The first-order chi connectivity index (χ1) is 12.1. The Morgan fingerprint density at radius 3 is 2.36 bits per heavy atom. The molecule has 4 rings (SSSR count). The average molecular weight is 365 g/mol. The number of carbonyl (C=O) groups excluding carboxylic acids is 1. The van der Waals surface area contributed by atoms with E-state index in [4.69, 9.17) is 11.6 Å². The van der Waals surface area contributed by atoms with E-state index in [1.807, 2.05) is 0 Å². The molecule has 8 atom stereocenters. The van der Waals surface area contributed by atoms with Gasteiger partial charge in [-0.1, -0.05) is 5.92 Å². The second-order valence-electron chi connectivity index (χ2n) is 9.04. The molecule has 0 amide bonds. The van der Waals surface area contributed by atoms with Gasteiger partial charge in [-0.2, -0.15) is 0 Å². The van der Waals surface area contributed by atoms with Crippen LogP contribution >= 0.6 is 11.6 Å². The molecule has 0 aromatic heterocycles. The lowest BCUT2D eigenvalue weighted by molar-refractivity contribution is -0.128. The van der Waals surface area contributed by atoms with E-state index in [-0.39, 0.29) is 18.3 Å². The molecule has 0 aromatic rings. The Balaban J connectivity index is 1.48. The topological polar surface area (TPSA) is 57.5 Å². The highest BCUT2D eigenvalue weighted by molar-refractivity contribution is 6.30. The van der Waals surface area contributed by atoms with Gasteiger partial charge in [-0.15, -0.1) is 0 Å². The Hall–Kier alpha value is -0.560. The summed E-state index contributed by atoms with van der Waals surface area (Å²) in [7, 11) is 0. The number of halogens is 1. The first-order valence-corrected chi connectivity index (χ1v) is 10.4. The fourth-order valence-corrected chi connectivity index (χ4v) is 7.43. The van der Waals surface area contributed by atoms with Crippen molar-refractivity contribution < 1.29 is 15.0 Å². The lowest BCUT2D eigenvalue weighted by Crippen LogP contribution is -2.48. The van der Waals surface area contributed by atoms with Crippen molar-refractivity contribution in [2.24, 2.45) is 41.4 Å². The average Bonchev–Trinajstić information content (AvgIpc) is 3.04. The minimum Gasteiger partial charge on any atom is -0.389 e. The van der Waals surface area contributed by atoms with Gasteiger partial charge in [0.25, 0.3) is 0 Å². The predicted molar refractivity (Wildman–Crippen MR) is 96.7 cm³/mol. The molecular weight excluding hydrogens is 336 g/mol. The van der Waals surface area contributed by atoms with E-state index in [0.29, 0.717) is 23.7 Å². The summed E-state index contributed by atoms with van der Waals surface area (Å²) in [6, 6.07) is 0. The van der Waals surface area contributed by atoms with Gasteiger partial charge in [0.1, 0.15) is 12.2 Å². The molecule has 4 saturated carbocycles. The van der Waals surface area contributed by atoms with E-state index in [1.54, 1.807) is 0 Å². The molecule has 3 nitrogen and oxygen atoms in total. The molecule has 0 aromatic carbocycles. The smallest absolute Gasteiger partial charge is 0.161 e. The first-order valence-electron chi connectivity index (χ1n) is 10.0. The number of fused-ring (bicyclic) bond motifs is 5. The van der Waals surface area contributed by atoms with Gasteiger partial charge in [0.05, 0.1) is 0 Å². The minimum atomic E-state index is -0.876. The van der Waals surface area contributed by atoms with Crippen molar-refractivity contribution >= 4 is 17.4 Å². The van der Waals surface area contributed by atoms with Crippen molar-refractivity contribution in [3.8, 4) is 11.3 Å². The zero-order valence-electron chi connectivity index (χ0n) is 14.8. The molecule has 138 valence electrons. The Morgan fingerprint density at radius 1 is 0.960 bits per heavy atom. The third kappa shape index (κ3) is 3.05. The summed E-state index contributed by atoms with van der Waals surface area (Å²) in [5.74, 6) is 7.02. The Morgan fingerprint density at radius 2 is 1.60 bits per heavy atom. The molecule has 0 heterocycles. The molecule has 4 aliphatic carbocycles. The molecule has 0 aliphatic heterocycles. The monoisotopic (exact) mass is 364 g/mol. The highest BCUT2D eigenvalue weighted by Crippen LogP contribution is 2.59. The highest BCUT2D eigenvalue weighted by Gasteiger charge is 2.53. The van der Waals surface area contributed by atoms with Gasteiger partial charge in [-0.25, -0.2) is 0 Å². The summed E-state index contributed by atoms with van der Waals surface area (Å²) in [5.41, 5.74) is -0.876. The molecule has 25 heavy (non-hydrogen) atoms. The standard InChI is InChI=1S/C21H29ClO3/c22-10-9-21(25)8-7-14-13(11-21)1-2-16-15(14)3-4-18-17(16)5-6-19(18)20(24)12-23/h13-19,23,25H,1-8,11-12H2/t13-,14+,15-,16-,17+,18+,19+,21-/m1/s1. The molecule has 4 aliphatic rings. The molecule has 4 fully saturated rings. The van der Waals surface area contributed by atoms with Gasteiger partial charge in [-0.05, 0) is 105 Å². The third-order valence-electron chi connectivity index (χ3n) is 8.18. The molecule has 0 radical (unpaired) electrons. The van der Waals surface area contributed by atoms with Crippen molar-refractivity contribution in [1.82, 2.24) is 0 Å². The summed E-state index contributed by atoms with van der Waals surface area (Å²) in [6.07, 6.45) is 9.52. The Labute approximate surface area is 155 Å². The predicted octanol–water partition coefficient (Wildman–Crippen LogP) is 3.36. The van der Waals surface area contributed by atoms with Crippen LogP contribution in [-0.2, 0) is 4.79 Å². The molecule has 0 saturated heterocycles. The highest BCUT2D eigenvalue weighted by atomic mass is 35.5. The van der Waals surface area contributed by atoms with Gasteiger partial charge in [0, 0.05) is 11.3 Å². The van der Waals surface area contributed by atoms with Crippen molar-refractivity contribution in [2.45, 2.75) is 63.4 Å². The van der Waals surface area contributed by atoms with Crippen molar-refractivity contribution in [1.29, 1.82) is 0 Å². The van der Waals surface area contributed by atoms with Crippen LogP contribution in [0.1, 0.15) is 57.8 Å². The van der Waals surface area contributed by atoms with E-state index >= 15 is 0 Å². The van der Waals surface area contributed by atoms with Crippen LogP contribution in [0.4, 0.5) is 0 Å². The van der Waals surface area contributed by atoms with Crippen molar-refractivity contribution in [2.75, 3.05) is 6.61 Å². The maximum absolute atomic E-state index is 12.1. The number of Topliss-reactive ketones (excluding diaryl/α,β-unsaturated/α-hetero) is 1. The van der Waals surface area contributed by atoms with E-state index in [0.717, 1.165) is 43.9 Å². The van der Waals surface area contributed by atoms with Crippen LogP contribution in [0.2, 0.25) is 0 Å². The maximum atomic E-state index is 12.1. The summed E-state index contributed by atoms with van der Waals surface area (Å²) in [4.78, 5) is 12.1. The van der Waals surface area contributed by atoms with Crippen molar-refractivity contribution in [3.05, 3.63) is 0 Å². The Kier molecular flexibility index (Phi) is 4.90. The van der Waals surface area contributed by atoms with Crippen LogP contribution in [0.25, 0.3) is 0 Å². The van der Waals surface area contributed by atoms with E-state index in [2.05, 4.69) is 11.3 Å². The van der Waals surface area contributed by atoms with Gasteiger partial charge < -0.3 is 10.2 Å². The van der Waals surface area contributed by atoms with Gasteiger partial charge in [0.15, 0.2) is 5.78 Å². The second kappa shape index (κ2) is 6.87. The quantitative estimate of drug-likeness (QED) is 0.739. The van der Waals surface area contributed by atoms with Crippen LogP contribution in [0.3, 0.4) is 0 Å². The van der Waals surface area contributed by atoms with Crippen molar-refractivity contribution in [3.63, 3.8) is 0 Å². The zero-order valence-corrected chi connectivity index (χ0v) is 15.5. The number of ketones is 1. The first kappa shape index (κ1) is 17.8. The van der Waals surface area contributed by atoms with Crippen LogP contribution in [0.15, 0.2) is 0 Å². The van der Waals surface area contributed by atoms with Gasteiger partial charge >= 0.3 is 0 Å². The molecular formula is C21H29ClO3. The number of carbonyl (C=O) groups is 1. The van der Waals surface area contributed by atoms with E-state index < -0.39 is 5.60 Å². The molecule has 0 bridgehead atoms. The normalized spacial score (nSPS) is 48.5. The summed E-state index contributed by atoms with van der Waals surface area (Å²) >= 11 is 5.56. The fraction of sp³-hybridized carbons (Fsp3) is 0.857. The number of aliphatic hydroxyl groups is 2. The summed E-state index contributed by atoms with van der Waals surface area (Å²) in [5, 5.41) is 22.3. The number of aliphatic hydroxyl groups excluding tert-OH is 1. The SMILES string of the molecule is O=C(CO)[C@H]1CC[C@H]2[C@@H]3CC[C@@H]4C[C@](O)(C#CCl)CC[C@@H]4[C@H]3CC[C@@H]21. The second-order valence-corrected chi connectivity index (χ2v) is 9.23. The zero-order chi connectivity index (χ0) is 17.6. The minimum absolute atomic E-state index is 0.0713. The number of hydrogen-bond donors (Lipinski definition) is 2. The van der Waals surface area contributed by atoms with Crippen LogP contribution in [-0.4, -0.2) is 28.2 Å². The lowest BCUT2D eigenvalue weighted by atomic mass is 9.52. The largest absolute Gasteiger partial charge is 0.389 e. The van der Waals surface area contributed by atoms with E-state index in [9.17, 15) is 15.0 Å². The maximum Gasteiger partial charge on any atom is 0.161 e. The fourth-order valence-electron chi connectivity index (χ4n) is 7.25. The van der Waals surface area contributed by atoms with Gasteiger partial charge in [0.2, 0.25) is 0 Å². The number of hydrogen-bond acceptors (Lipinski definition) is 3. The Bertz CT molecular complexity index is 594. The molecule has 0 spiro atoms. The summed E-state index contributed by atoms with van der Waals surface area (Å²) in [6.45, 7) is -0.285. The molecule has 2 N–H and O–H groups in total.